The highest BCUT2D eigenvalue weighted by molar-refractivity contribution is 5.91. The number of anilines is 1. The predicted molar refractivity (Wildman–Crippen MR) is 84.3 cm³/mol. The topological polar surface area (TPSA) is 65.2 Å². The van der Waals surface area contributed by atoms with E-state index in [0.717, 1.165) is 16.7 Å². The molecule has 2 N–H and O–H groups in total. The van der Waals surface area contributed by atoms with Crippen LogP contribution in [0.3, 0.4) is 0 Å². The first-order chi connectivity index (χ1) is 10.3. The molecule has 0 fully saturated rings. The van der Waals surface area contributed by atoms with Gasteiger partial charge in [0.15, 0.2) is 11.5 Å². The van der Waals surface area contributed by atoms with Crippen molar-refractivity contribution in [2.75, 3.05) is 12.8 Å². The first kappa shape index (κ1) is 15.9. The molecule has 1 aromatic heterocycles. The molecule has 0 aliphatic heterocycles. The number of nitrogens with two attached hydrogens (primary N) is 1. The maximum Gasteiger partial charge on any atom is 0.357 e. The molecule has 2 rings (SSSR count). The Morgan fingerprint density at radius 1 is 1.14 bits per heavy atom. The van der Waals surface area contributed by atoms with Gasteiger partial charge in [-0.15, -0.1) is 0 Å². The Morgan fingerprint density at radius 3 is 2.36 bits per heavy atom. The maximum atomic E-state index is 14.6. The zero-order valence-corrected chi connectivity index (χ0v) is 13.4. The van der Waals surface area contributed by atoms with Crippen molar-refractivity contribution in [2.24, 2.45) is 0 Å². The van der Waals surface area contributed by atoms with Crippen LogP contribution in [0.4, 0.5) is 10.1 Å². The van der Waals surface area contributed by atoms with Crippen molar-refractivity contribution in [1.82, 2.24) is 4.98 Å². The summed E-state index contributed by atoms with van der Waals surface area (Å²) in [7, 11) is 1.25. The van der Waals surface area contributed by atoms with Gasteiger partial charge in [0.25, 0.3) is 0 Å². The minimum Gasteiger partial charge on any atom is -0.464 e. The van der Waals surface area contributed by atoms with Crippen LogP contribution in [0.15, 0.2) is 12.1 Å². The van der Waals surface area contributed by atoms with Gasteiger partial charge in [0.1, 0.15) is 5.69 Å². The number of esters is 1. The third-order valence-electron chi connectivity index (χ3n) is 4.12. The van der Waals surface area contributed by atoms with Crippen molar-refractivity contribution >= 4 is 11.7 Å². The van der Waals surface area contributed by atoms with Gasteiger partial charge >= 0.3 is 5.97 Å². The molecule has 1 aromatic carbocycles. The number of aryl methyl sites for hydroxylation is 1. The average Bonchev–Trinajstić information content (AvgIpc) is 2.51. The van der Waals surface area contributed by atoms with E-state index in [4.69, 9.17) is 10.5 Å². The van der Waals surface area contributed by atoms with Crippen LogP contribution in [0.2, 0.25) is 0 Å². The predicted octanol–water partition coefficient (Wildman–Crippen LogP) is 3.49. The van der Waals surface area contributed by atoms with E-state index in [9.17, 15) is 9.18 Å². The molecule has 0 radical (unpaired) electrons. The summed E-state index contributed by atoms with van der Waals surface area (Å²) in [6.45, 7) is 7.39. The van der Waals surface area contributed by atoms with Crippen LogP contribution in [0, 0.1) is 33.5 Å². The summed E-state index contributed by atoms with van der Waals surface area (Å²) in [5, 5.41) is 0. The molecule has 0 aliphatic rings. The van der Waals surface area contributed by atoms with E-state index >= 15 is 0 Å². The third kappa shape index (κ3) is 2.43. The van der Waals surface area contributed by atoms with Gasteiger partial charge in [-0.3, -0.25) is 0 Å². The average molecular weight is 302 g/mol. The van der Waals surface area contributed by atoms with E-state index in [1.165, 1.54) is 7.11 Å². The minimum atomic E-state index is -0.632. The van der Waals surface area contributed by atoms with Crippen molar-refractivity contribution in [3.05, 3.63) is 45.9 Å². The monoisotopic (exact) mass is 302 g/mol. The van der Waals surface area contributed by atoms with Gasteiger partial charge < -0.3 is 10.5 Å². The molecule has 4 nitrogen and oxygen atoms in total. The Labute approximate surface area is 129 Å². The maximum absolute atomic E-state index is 14.6. The van der Waals surface area contributed by atoms with E-state index in [-0.39, 0.29) is 22.6 Å². The number of methoxy groups -OCH3 is 1. The van der Waals surface area contributed by atoms with Gasteiger partial charge in [0.2, 0.25) is 0 Å². The Morgan fingerprint density at radius 2 is 1.77 bits per heavy atom. The second-order valence-electron chi connectivity index (χ2n) is 5.33. The van der Waals surface area contributed by atoms with Crippen molar-refractivity contribution in [3.8, 4) is 11.3 Å². The number of carbonyl (C=O) groups is 1. The molecule has 0 spiro atoms. The van der Waals surface area contributed by atoms with Crippen molar-refractivity contribution in [1.29, 1.82) is 0 Å². The molecular formula is C17H19FN2O2. The van der Waals surface area contributed by atoms with Crippen molar-refractivity contribution in [3.63, 3.8) is 0 Å². The highest BCUT2D eigenvalue weighted by Crippen LogP contribution is 2.32. The summed E-state index contributed by atoms with van der Waals surface area (Å²) < 4.78 is 19.3. The number of rotatable bonds is 2. The summed E-state index contributed by atoms with van der Waals surface area (Å²) in [5.74, 6) is -1.25. The third-order valence-corrected chi connectivity index (χ3v) is 4.12. The Balaban J connectivity index is 2.79. The highest BCUT2D eigenvalue weighted by Gasteiger charge is 2.22. The smallest absolute Gasteiger partial charge is 0.357 e. The molecule has 2 aromatic rings. The van der Waals surface area contributed by atoms with Crippen LogP contribution in [-0.2, 0) is 4.74 Å². The second-order valence-corrected chi connectivity index (χ2v) is 5.33. The van der Waals surface area contributed by atoms with Crippen molar-refractivity contribution in [2.45, 2.75) is 27.7 Å². The Kier molecular flexibility index (Phi) is 4.17. The van der Waals surface area contributed by atoms with E-state index in [1.54, 1.807) is 13.0 Å². The van der Waals surface area contributed by atoms with Crippen LogP contribution < -0.4 is 5.73 Å². The molecule has 0 atom stereocenters. The fourth-order valence-corrected chi connectivity index (χ4v) is 2.35. The minimum absolute atomic E-state index is 0.0361. The zero-order chi connectivity index (χ0) is 16.6. The lowest BCUT2D eigenvalue weighted by Crippen LogP contribution is -2.12. The number of aromatic nitrogens is 1. The lowest BCUT2D eigenvalue weighted by Gasteiger charge is -2.15. The quantitative estimate of drug-likeness (QED) is 0.862. The van der Waals surface area contributed by atoms with Crippen LogP contribution >= 0.6 is 0 Å². The molecule has 0 saturated heterocycles. The number of nitrogen functional groups attached to an aromatic ring is 1. The number of pyridine rings is 1. The summed E-state index contributed by atoms with van der Waals surface area (Å²) in [6.07, 6.45) is 0. The fraction of sp³-hybridized carbons (Fsp3) is 0.294. The fourth-order valence-electron chi connectivity index (χ4n) is 2.35. The van der Waals surface area contributed by atoms with E-state index in [0.29, 0.717) is 5.56 Å². The van der Waals surface area contributed by atoms with Gasteiger partial charge in [-0.1, -0.05) is 12.1 Å². The molecule has 0 unspecified atom stereocenters. The van der Waals surface area contributed by atoms with Crippen LogP contribution in [0.1, 0.15) is 32.7 Å². The van der Waals surface area contributed by atoms with E-state index in [1.807, 2.05) is 26.8 Å². The molecule has 116 valence electrons. The van der Waals surface area contributed by atoms with E-state index in [2.05, 4.69) is 4.98 Å². The second kappa shape index (κ2) is 5.75. The van der Waals surface area contributed by atoms with Gasteiger partial charge in [0, 0.05) is 11.1 Å². The number of hydrogen-bond donors (Lipinski definition) is 1. The number of halogens is 1. The number of hydrogen-bond acceptors (Lipinski definition) is 4. The SMILES string of the molecule is COC(=O)c1nc(-c2ccc(C)c(C)c2C)c(F)c(N)c1C. The Hall–Kier alpha value is -2.43. The normalized spacial score (nSPS) is 10.6. The van der Waals surface area contributed by atoms with Crippen LogP contribution in [-0.4, -0.2) is 18.1 Å². The summed E-state index contributed by atoms with van der Waals surface area (Å²) in [4.78, 5) is 16.0. The molecule has 5 heteroatoms. The van der Waals surface area contributed by atoms with Crippen LogP contribution in [0.25, 0.3) is 11.3 Å². The lowest BCUT2D eigenvalue weighted by molar-refractivity contribution is 0.0593. The number of nitrogens with zero attached hydrogens (tertiary/aromatic N) is 1. The molecule has 0 bridgehead atoms. The molecule has 0 aliphatic carbocycles. The number of benzene rings is 1. The van der Waals surface area contributed by atoms with Crippen LogP contribution in [0.5, 0.6) is 0 Å². The Bertz CT molecular complexity index is 770. The largest absolute Gasteiger partial charge is 0.464 e. The summed E-state index contributed by atoms with van der Waals surface area (Å²) in [5.41, 5.74) is 9.81. The number of carbonyl (C=O) groups excluding carboxylic acids is 1. The molecule has 1 heterocycles. The standard InChI is InChI=1S/C17H19FN2O2/c1-8-6-7-12(10(3)9(8)2)16-13(18)14(19)11(4)15(20-16)17(21)22-5/h6-7H,1-5H3,(H2,19,20). The molecule has 0 saturated carbocycles. The van der Waals surface area contributed by atoms with Gasteiger partial charge in [-0.25, -0.2) is 14.2 Å². The first-order valence-electron chi connectivity index (χ1n) is 6.90. The summed E-state index contributed by atoms with van der Waals surface area (Å²) >= 11 is 0. The van der Waals surface area contributed by atoms with E-state index < -0.39 is 11.8 Å². The zero-order valence-electron chi connectivity index (χ0n) is 13.4. The number of ether oxygens (including phenoxy) is 1. The van der Waals surface area contributed by atoms with Gasteiger partial charge in [-0.05, 0) is 44.4 Å². The molecule has 22 heavy (non-hydrogen) atoms. The summed E-state index contributed by atoms with van der Waals surface area (Å²) in [6, 6.07) is 3.69. The molecule has 0 amide bonds. The molecular weight excluding hydrogens is 283 g/mol. The van der Waals surface area contributed by atoms with Gasteiger partial charge in [-0.2, -0.15) is 0 Å². The van der Waals surface area contributed by atoms with Crippen molar-refractivity contribution < 1.29 is 13.9 Å². The van der Waals surface area contributed by atoms with Gasteiger partial charge in [0.05, 0.1) is 12.8 Å². The highest BCUT2D eigenvalue weighted by atomic mass is 19.1. The lowest BCUT2D eigenvalue weighted by atomic mass is 9.95. The first-order valence-corrected chi connectivity index (χ1v) is 6.90.